The zero-order valence-electron chi connectivity index (χ0n) is 23.7. The number of hydrogen-bond acceptors (Lipinski definition) is 5. The van der Waals surface area contributed by atoms with Gasteiger partial charge < -0.3 is 10.1 Å². The van der Waals surface area contributed by atoms with Crippen molar-refractivity contribution in [2.75, 3.05) is 11.9 Å². The first kappa shape index (κ1) is 26.9. The van der Waals surface area contributed by atoms with Crippen LogP contribution < -0.4 is 5.32 Å². The molecule has 3 atom stereocenters. The second-order valence-corrected chi connectivity index (χ2v) is 11.9. The molecule has 1 aliphatic heterocycles. The van der Waals surface area contributed by atoms with E-state index in [4.69, 9.17) is 4.74 Å². The van der Waals surface area contributed by atoms with Crippen LogP contribution in [-0.4, -0.2) is 41.2 Å². The van der Waals surface area contributed by atoms with Crippen molar-refractivity contribution in [1.29, 1.82) is 0 Å². The number of aryl methyl sites for hydroxylation is 2. The summed E-state index contributed by atoms with van der Waals surface area (Å²) in [6.45, 7) is 7.29. The summed E-state index contributed by atoms with van der Waals surface area (Å²) in [5.74, 6) is -3.54. The average Bonchev–Trinajstić information content (AvgIpc) is 3.22. The lowest BCUT2D eigenvalue weighted by molar-refractivity contribution is -0.160. The Kier molecular flexibility index (Phi) is 6.76. The Hall–Kier alpha value is -4.26. The van der Waals surface area contributed by atoms with Gasteiger partial charge in [0.2, 0.25) is 11.8 Å². The number of nitrogens with one attached hydrogen (secondary N) is 1. The minimum absolute atomic E-state index is 0.00579. The van der Waals surface area contributed by atoms with Gasteiger partial charge in [0.25, 0.3) is 5.91 Å². The quantitative estimate of drug-likeness (QED) is 0.327. The van der Waals surface area contributed by atoms with Gasteiger partial charge in [-0.3, -0.25) is 19.3 Å². The van der Waals surface area contributed by atoms with Gasteiger partial charge in [-0.15, -0.1) is 0 Å². The second-order valence-electron chi connectivity index (χ2n) is 11.9. The van der Waals surface area contributed by atoms with Gasteiger partial charge >= 0.3 is 5.97 Å². The summed E-state index contributed by atoms with van der Waals surface area (Å²) in [6, 6.07) is 20.5. The molecule has 7 rings (SSSR count). The van der Waals surface area contributed by atoms with Gasteiger partial charge in [0.15, 0.2) is 6.61 Å². The number of amides is 3. The molecule has 0 saturated carbocycles. The molecule has 1 heterocycles. The highest BCUT2D eigenvalue weighted by molar-refractivity contribution is 6.10. The third-order valence-corrected chi connectivity index (χ3v) is 8.90. The van der Waals surface area contributed by atoms with Crippen LogP contribution >= 0.6 is 0 Å². The summed E-state index contributed by atoms with van der Waals surface area (Å²) in [4.78, 5) is 55.6. The van der Waals surface area contributed by atoms with Crippen molar-refractivity contribution in [3.8, 4) is 0 Å². The Labute approximate surface area is 239 Å². The first-order chi connectivity index (χ1) is 19.7. The highest BCUT2D eigenvalue weighted by atomic mass is 16.5. The Morgan fingerprint density at radius 1 is 0.805 bits per heavy atom. The van der Waals surface area contributed by atoms with Gasteiger partial charge in [-0.05, 0) is 71.7 Å². The minimum atomic E-state index is -1.10. The molecule has 1 N–H and O–H groups in total. The van der Waals surface area contributed by atoms with E-state index in [2.05, 4.69) is 5.32 Å². The van der Waals surface area contributed by atoms with E-state index in [9.17, 15) is 19.2 Å². The van der Waals surface area contributed by atoms with Crippen molar-refractivity contribution in [3.63, 3.8) is 0 Å². The minimum Gasteiger partial charge on any atom is -0.454 e. The Bertz CT molecular complexity index is 1460. The fourth-order valence-corrected chi connectivity index (χ4v) is 7.01. The van der Waals surface area contributed by atoms with Gasteiger partial charge in [0, 0.05) is 17.5 Å². The van der Waals surface area contributed by atoms with Gasteiger partial charge in [-0.25, -0.2) is 4.79 Å². The second kappa shape index (κ2) is 10.3. The van der Waals surface area contributed by atoms with E-state index < -0.39 is 36.4 Å². The number of nitrogens with zero attached hydrogens (tertiary/aromatic N) is 1. The summed E-state index contributed by atoms with van der Waals surface area (Å²) in [6.07, 6.45) is 0.254. The number of esters is 1. The van der Waals surface area contributed by atoms with Crippen LogP contribution in [0.4, 0.5) is 5.69 Å². The lowest BCUT2D eigenvalue weighted by atomic mass is 9.55. The lowest BCUT2D eigenvalue weighted by Gasteiger charge is -2.45. The highest BCUT2D eigenvalue weighted by Crippen LogP contribution is 2.61. The van der Waals surface area contributed by atoms with Gasteiger partial charge in [-0.1, -0.05) is 68.4 Å². The van der Waals surface area contributed by atoms with Gasteiger partial charge in [0.05, 0.1) is 11.8 Å². The molecule has 0 aromatic heterocycles. The van der Waals surface area contributed by atoms with Crippen molar-refractivity contribution in [1.82, 2.24) is 4.90 Å². The van der Waals surface area contributed by atoms with Crippen LogP contribution in [0.5, 0.6) is 0 Å². The maximum Gasteiger partial charge on any atom is 0.329 e. The summed E-state index contributed by atoms with van der Waals surface area (Å²) in [5.41, 5.74) is 7.04. The third kappa shape index (κ3) is 4.44. The normalized spacial score (nSPS) is 22.7. The van der Waals surface area contributed by atoms with E-state index in [1.807, 2.05) is 88.4 Å². The topological polar surface area (TPSA) is 92.8 Å². The zero-order chi connectivity index (χ0) is 29.0. The third-order valence-electron chi connectivity index (χ3n) is 8.90. The highest BCUT2D eigenvalue weighted by Gasteiger charge is 2.63. The molecular formula is C34H34N2O5. The fourth-order valence-electron chi connectivity index (χ4n) is 7.01. The lowest BCUT2D eigenvalue weighted by Crippen LogP contribution is -2.47. The van der Waals surface area contributed by atoms with Crippen molar-refractivity contribution >= 4 is 29.4 Å². The maximum atomic E-state index is 14.1. The molecule has 0 spiro atoms. The van der Waals surface area contributed by atoms with E-state index in [0.717, 1.165) is 38.3 Å². The number of hydrogen-bond donors (Lipinski definition) is 1. The number of carbonyl (C=O) groups excluding carboxylic acids is 4. The summed E-state index contributed by atoms with van der Waals surface area (Å²) in [5, 5.41) is 2.75. The van der Waals surface area contributed by atoms with Crippen LogP contribution in [0.1, 0.15) is 65.5 Å². The monoisotopic (exact) mass is 550 g/mol. The zero-order valence-corrected chi connectivity index (χ0v) is 23.7. The van der Waals surface area contributed by atoms with E-state index in [1.54, 1.807) is 6.07 Å². The molecular weight excluding hydrogens is 516 g/mol. The number of likely N-dealkylation sites (tertiary alicyclic amines) is 1. The SMILES string of the molecule is Cc1ccc(NC(=O)COC(=O)[C@@H](CC(C)C)N2C(=O)[C@@H]3C4c5ccccc5C(c5ccccc54)[C@@H]3C2=O)cc1C. The summed E-state index contributed by atoms with van der Waals surface area (Å²) in [7, 11) is 0. The van der Waals surface area contributed by atoms with Crippen LogP contribution in [0.3, 0.4) is 0 Å². The molecule has 0 unspecified atom stereocenters. The number of ether oxygens (including phenoxy) is 1. The summed E-state index contributed by atoms with van der Waals surface area (Å²) >= 11 is 0. The Morgan fingerprint density at radius 2 is 1.32 bits per heavy atom. The number of rotatable bonds is 7. The first-order valence-corrected chi connectivity index (χ1v) is 14.3. The number of anilines is 1. The predicted molar refractivity (Wildman–Crippen MR) is 154 cm³/mol. The van der Waals surface area contributed by atoms with E-state index in [0.29, 0.717) is 5.69 Å². The molecule has 2 bridgehead atoms. The molecule has 1 fully saturated rings. The van der Waals surface area contributed by atoms with Crippen LogP contribution in [0.25, 0.3) is 0 Å². The molecule has 3 aliphatic carbocycles. The van der Waals surface area contributed by atoms with Crippen molar-refractivity contribution < 1.29 is 23.9 Å². The number of carbonyl (C=O) groups is 4. The Morgan fingerprint density at radius 3 is 1.78 bits per heavy atom. The van der Waals surface area contributed by atoms with Gasteiger partial charge in [0.1, 0.15) is 6.04 Å². The predicted octanol–water partition coefficient (Wildman–Crippen LogP) is 5.09. The average molecular weight is 551 g/mol. The standard InChI is InChI=1S/C34H34N2O5/c1-18(2)15-26(34(40)41-17-27(37)35-21-14-13-19(3)20(4)16-21)36-32(38)30-28-22-9-5-6-10-23(22)29(31(30)33(36)39)25-12-8-7-11-24(25)28/h5-14,16,18,26,28-31H,15,17H2,1-4H3,(H,35,37)/t26-,28?,29?,30-,31+/m1/s1. The molecule has 3 amide bonds. The smallest absolute Gasteiger partial charge is 0.329 e. The summed E-state index contributed by atoms with van der Waals surface area (Å²) < 4.78 is 5.45. The van der Waals surface area contributed by atoms with Crippen molar-refractivity contribution in [2.45, 2.75) is 52.0 Å². The molecule has 3 aromatic carbocycles. The van der Waals surface area contributed by atoms with E-state index in [1.165, 1.54) is 0 Å². The number of benzene rings is 3. The van der Waals surface area contributed by atoms with E-state index in [-0.39, 0.29) is 36.0 Å². The molecule has 41 heavy (non-hydrogen) atoms. The molecule has 7 nitrogen and oxygen atoms in total. The first-order valence-electron chi connectivity index (χ1n) is 14.3. The molecule has 210 valence electrons. The van der Waals surface area contributed by atoms with Crippen LogP contribution in [0.2, 0.25) is 0 Å². The van der Waals surface area contributed by atoms with Crippen LogP contribution in [-0.2, 0) is 23.9 Å². The van der Waals surface area contributed by atoms with E-state index >= 15 is 0 Å². The maximum absolute atomic E-state index is 14.1. The number of imide groups is 1. The fraction of sp³-hybridized carbons (Fsp3) is 0.353. The van der Waals surface area contributed by atoms with Crippen LogP contribution in [0, 0.1) is 31.6 Å². The van der Waals surface area contributed by atoms with Crippen molar-refractivity contribution in [3.05, 3.63) is 100 Å². The molecule has 0 radical (unpaired) electrons. The molecule has 3 aromatic rings. The molecule has 1 saturated heterocycles. The van der Waals surface area contributed by atoms with Gasteiger partial charge in [-0.2, -0.15) is 0 Å². The molecule has 4 aliphatic rings. The van der Waals surface area contributed by atoms with Crippen molar-refractivity contribution in [2.24, 2.45) is 17.8 Å². The largest absolute Gasteiger partial charge is 0.454 e. The van der Waals surface area contributed by atoms with Crippen LogP contribution in [0.15, 0.2) is 66.7 Å². The molecule has 7 heteroatoms. The Balaban J connectivity index is 1.26.